The van der Waals surface area contributed by atoms with Gasteiger partial charge >= 0.3 is 0 Å². The first-order valence-corrected chi connectivity index (χ1v) is 6.80. The van der Waals surface area contributed by atoms with Crippen LogP contribution in [0.1, 0.15) is 24.9 Å². The fraction of sp³-hybridized carbons (Fsp3) is 0.538. The molecule has 0 radical (unpaired) electrons. The lowest BCUT2D eigenvalue weighted by Gasteiger charge is -2.31. The van der Waals surface area contributed by atoms with Gasteiger partial charge in [0.05, 0.1) is 6.10 Å². The predicted molar refractivity (Wildman–Crippen MR) is 72.7 cm³/mol. The minimum Gasteiger partial charge on any atom is -0.392 e. The van der Waals surface area contributed by atoms with Gasteiger partial charge in [0, 0.05) is 29.6 Å². The highest BCUT2D eigenvalue weighted by Crippen LogP contribution is 2.28. The molecule has 3 unspecified atom stereocenters. The average Bonchev–Trinajstić information content (AvgIpc) is 2.68. The van der Waals surface area contributed by atoms with Crippen molar-refractivity contribution in [2.75, 3.05) is 13.1 Å². The molecule has 1 aromatic rings. The van der Waals surface area contributed by atoms with Crippen LogP contribution in [0.2, 0.25) is 0 Å². The van der Waals surface area contributed by atoms with Gasteiger partial charge in [-0.1, -0.05) is 28.1 Å². The van der Waals surface area contributed by atoms with Crippen molar-refractivity contribution >= 4 is 15.9 Å². The van der Waals surface area contributed by atoms with Crippen LogP contribution in [-0.2, 0) is 0 Å². The standard InChI is InChI=1S/C13H19BrN2O/c1-9(15)13(16-7-6-12(17)8-16)10-2-4-11(14)5-3-10/h2-5,9,12-13,17H,6-8,15H2,1H3. The summed E-state index contributed by atoms with van der Waals surface area (Å²) in [5.41, 5.74) is 7.32. The lowest BCUT2D eigenvalue weighted by Crippen LogP contribution is -2.38. The van der Waals surface area contributed by atoms with Gasteiger partial charge < -0.3 is 10.8 Å². The van der Waals surface area contributed by atoms with Gasteiger partial charge in [0.2, 0.25) is 0 Å². The zero-order chi connectivity index (χ0) is 12.4. The van der Waals surface area contributed by atoms with Crippen LogP contribution in [0, 0.1) is 0 Å². The summed E-state index contributed by atoms with van der Waals surface area (Å²) in [5.74, 6) is 0. The molecule has 3 N–H and O–H groups in total. The predicted octanol–water partition coefficient (Wildman–Crippen LogP) is 1.90. The molecule has 1 saturated heterocycles. The first-order valence-electron chi connectivity index (χ1n) is 6.01. The van der Waals surface area contributed by atoms with Crippen LogP contribution in [0.5, 0.6) is 0 Å². The van der Waals surface area contributed by atoms with Crippen LogP contribution in [-0.4, -0.2) is 35.2 Å². The molecule has 3 nitrogen and oxygen atoms in total. The Morgan fingerprint density at radius 3 is 2.53 bits per heavy atom. The molecule has 1 heterocycles. The first-order chi connectivity index (χ1) is 8.08. The molecule has 0 amide bonds. The molecular weight excluding hydrogens is 280 g/mol. The average molecular weight is 299 g/mol. The third-order valence-electron chi connectivity index (χ3n) is 3.30. The van der Waals surface area contributed by atoms with E-state index in [0.29, 0.717) is 0 Å². The van der Waals surface area contributed by atoms with E-state index in [9.17, 15) is 5.11 Å². The molecule has 1 fully saturated rings. The lowest BCUT2D eigenvalue weighted by atomic mass is 10.00. The number of hydrogen-bond acceptors (Lipinski definition) is 3. The quantitative estimate of drug-likeness (QED) is 0.896. The monoisotopic (exact) mass is 298 g/mol. The zero-order valence-electron chi connectivity index (χ0n) is 10.0. The number of aliphatic hydroxyl groups excluding tert-OH is 1. The number of halogens is 1. The Bertz CT molecular complexity index is 366. The summed E-state index contributed by atoms with van der Waals surface area (Å²) in [7, 11) is 0. The SMILES string of the molecule is CC(N)C(c1ccc(Br)cc1)N1CCC(O)C1. The summed E-state index contributed by atoms with van der Waals surface area (Å²) >= 11 is 3.44. The van der Waals surface area contributed by atoms with E-state index < -0.39 is 0 Å². The Hall–Kier alpha value is -0.420. The summed E-state index contributed by atoms with van der Waals surface area (Å²) in [6.45, 7) is 3.67. The normalized spacial score (nSPS) is 24.8. The maximum absolute atomic E-state index is 9.63. The van der Waals surface area contributed by atoms with E-state index in [4.69, 9.17) is 5.73 Å². The number of nitrogens with two attached hydrogens (primary N) is 1. The van der Waals surface area contributed by atoms with Crippen LogP contribution in [0.15, 0.2) is 28.7 Å². The molecular formula is C13H19BrN2O. The number of β-amino-alcohol motifs (C(OH)–C–C–N with tert-alkyl or cyclic N) is 1. The van der Waals surface area contributed by atoms with Crippen molar-refractivity contribution in [1.82, 2.24) is 4.90 Å². The molecule has 4 heteroatoms. The van der Waals surface area contributed by atoms with Crippen molar-refractivity contribution in [2.45, 2.75) is 31.5 Å². The third-order valence-corrected chi connectivity index (χ3v) is 3.83. The second-order valence-electron chi connectivity index (χ2n) is 4.79. The van der Waals surface area contributed by atoms with Gasteiger partial charge in [-0.05, 0) is 31.0 Å². The van der Waals surface area contributed by atoms with E-state index >= 15 is 0 Å². The van der Waals surface area contributed by atoms with Crippen molar-refractivity contribution in [3.8, 4) is 0 Å². The maximum Gasteiger partial charge on any atom is 0.0679 e. The van der Waals surface area contributed by atoms with Crippen molar-refractivity contribution in [1.29, 1.82) is 0 Å². The smallest absolute Gasteiger partial charge is 0.0679 e. The van der Waals surface area contributed by atoms with Gasteiger partial charge in [0.1, 0.15) is 0 Å². The summed E-state index contributed by atoms with van der Waals surface area (Å²) in [6, 6.07) is 8.53. The number of likely N-dealkylation sites (tertiary alicyclic amines) is 1. The Morgan fingerprint density at radius 1 is 1.41 bits per heavy atom. The van der Waals surface area contributed by atoms with Crippen molar-refractivity contribution in [3.05, 3.63) is 34.3 Å². The van der Waals surface area contributed by atoms with Crippen LogP contribution in [0.4, 0.5) is 0 Å². The first kappa shape index (κ1) is 13.0. The minimum atomic E-state index is -0.202. The molecule has 1 aliphatic heterocycles. The highest BCUT2D eigenvalue weighted by atomic mass is 79.9. The molecule has 1 aliphatic rings. The molecule has 0 saturated carbocycles. The van der Waals surface area contributed by atoms with Gasteiger partial charge in [-0.2, -0.15) is 0 Å². The van der Waals surface area contributed by atoms with Crippen LogP contribution in [0.25, 0.3) is 0 Å². The number of benzene rings is 1. The van der Waals surface area contributed by atoms with Crippen molar-refractivity contribution in [3.63, 3.8) is 0 Å². The molecule has 1 aromatic carbocycles. The molecule has 0 aliphatic carbocycles. The number of nitrogens with zero attached hydrogens (tertiary/aromatic N) is 1. The highest BCUT2D eigenvalue weighted by molar-refractivity contribution is 9.10. The van der Waals surface area contributed by atoms with Gasteiger partial charge in [0.15, 0.2) is 0 Å². The third kappa shape index (κ3) is 3.07. The topological polar surface area (TPSA) is 49.5 Å². The van der Waals surface area contributed by atoms with E-state index in [2.05, 4.69) is 33.0 Å². The van der Waals surface area contributed by atoms with Gasteiger partial charge in [-0.15, -0.1) is 0 Å². The van der Waals surface area contributed by atoms with Crippen molar-refractivity contribution < 1.29 is 5.11 Å². The fourth-order valence-corrected chi connectivity index (χ4v) is 2.79. The summed E-state index contributed by atoms with van der Waals surface area (Å²) < 4.78 is 1.08. The minimum absolute atomic E-state index is 0.0569. The molecule has 2 rings (SSSR count). The molecule has 17 heavy (non-hydrogen) atoms. The van der Waals surface area contributed by atoms with E-state index in [1.54, 1.807) is 0 Å². The van der Waals surface area contributed by atoms with Crippen molar-refractivity contribution in [2.24, 2.45) is 5.73 Å². The molecule has 0 aromatic heterocycles. The summed E-state index contributed by atoms with van der Waals surface area (Å²) in [4.78, 5) is 2.28. The molecule has 0 spiro atoms. The largest absolute Gasteiger partial charge is 0.392 e. The van der Waals surface area contributed by atoms with E-state index in [1.807, 2.05) is 19.1 Å². The van der Waals surface area contributed by atoms with Crippen LogP contribution < -0.4 is 5.73 Å². The van der Waals surface area contributed by atoms with E-state index in [-0.39, 0.29) is 18.2 Å². The van der Waals surface area contributed by atoms with E-state index in [0.717, 1.165) is 24.0 Å². The zero-order valence-corrected chi connectivity index (χ0v) is 11.6. The summed E-state index contributed by atoms with van der Waals surface area (Å²) in [6.07, 6.45) is 0.645. The van der Waals surface area contributed by atoms with Gasteiger partial charge in [-0.25, -0.2) is 0 Å². The maximum atomic E-state index is 9.63. The van der Waals surface area contributed by atoms with Crippen LogP contribution >= 0.6 is 15.9 Å². The van der Waals surface area contributed by atoms with Crippen LogP contribution in [0.3, 0.4) is 0 Å². The number of rotatable bonds is 3. The number of hydrogen-bond donors (Lipinski definition) is 2. The Balaban J connectivity index is 2.20. The lowest BCUT2D eigenvalue weighted by molar-refractivity contribution is 0.151. The Kier molecular flexibility index (Phi) is 4.20. The van der Waals surface area contributed by atoms with E-state index in [1.165, 1.54) is 5.56 Å². The molecule has 94 valence electrons. The Labute approximate surface area is 111 Å². The second-order valence-corrected chi connectivity index (χ2v) is 5.71. The van der Waals surface area contributed by atoms with Gasteiger partial charge in [-0.3, -0.25) is 4.90 Å². The number of aliphatic hydroxyl groups is 1. The second kappa shape index (κ2) is 5.48. The fourth-order valence-electron chi connectivity index (χ4n) is 2.53. The molecule has 0 bridgehead atoms. The van der Waals surface area contributed by atoms with Gasteiger partial charge in [0.25, 0.3) is 0 Å². The molecule has 3 atom stereocenters. The summed E-state index contributed by atoms with van der Waals surface area (Å²) in [5, 5.41) is 9.63. The highest BCUT2D eigenvalue weighted by Gasteiger charge is 2.30. The Morgan fingerprint density at radius 2 is 2.06 bits per heavy atom.